The van der Waals surface area contributed by atoms with Gasteiger partial charge in [0.2, 0.25) is 5.95 Å². The number of aromatic nitrogens is 4. The quantitative estimate of drug-likeness (QED) is 0.769. The van der Waals surface area contributed by atoms with Crippen molar-refractivity contribution in [3.8, 4) is 0 Å². The highest BCUT2D eigenvalue weighted by Gasteiger charge is 2.23. The second kappa shape index (κ2) is 9.24. The van der Waals surface area contributed by atoms with Crippen LogP contribution in [0.25, 0.3) is 0 Å². The van der Waals surface area contributed by atoms with Crippen molar-refractivity contribution in [2.45, 2.75) is 44.0 Å². The van der Waals surface area contributed by atoms with Crippen molar-refractivity contribution in [3.63, 3.8) is 0 Å². The fraction of sp³-hybridized carbons (Fsp3) is 0.579. The Kier molecular flexibility index (Phi) is 6.49. The fourth-order valence-electron chi connectivity index (χ4n) is 3.83. The lowest BCUT2D eigenvalue weighted by Gasteiger charge is -2.35. The second-order valence-electron chi connectivity index (χ2n) is 7.27. The smallest absolute Gasteiger partial charge is 0.267 e. The Balaban J connectivity index is 1.37. The van der Waals surface area contributed by atoms with E-state index in [1.807, 2.05) is 11.8 Å². The number of anilines is 1. The molecule has 0 saturated carbocycles. The Labute approximate surface area is 173 Å². The predicted octanol–water partition coefficient (Wildman–Crippen LogP) is 2.44. The van der Waals surface area contributed by atoms with Gasteiger partial charge >= 0.3 is 0 Å². The number of hydrogen-bond donors (Lipinski definition) is 1. The number of aryl methyl sites for hydroxylation is 1. The second-order valence-corrected chi connectivity index (χ2v) is 8.81. The molecule has 7 nitrogen and oxygen atoms in total. The number of likely N-dealkylation sites (tertiary alicyclic amines) is 1. The van der Waals surface area contributed by atoms with E-state index in [1.54, 1.807) is 23.1 Å². The molecule has 0 spiro atoms. The monoisotopic (exact) mass is 420 g/mol. The van der Waals surface area contributed by atoms with Crippen LogP contribution in [0.15, 0.2) is 23.3 Å². The van der Waals surface area contributed by atoms with E-state index in [0.717, 1.165) is 55.2 Å². The van der Waals surface area contributed by atoms with Gasteiger partial charge in [0.05, 0.1) is 29.7 Å². The van der Waals surface area contributed by atoms with Crippen LogP contribution in [0.2, 0.25) is 5.02 Å². The van der Waals surface area contributed by atoms with Crippen LogP contribution in [0, 0.1) is 0 Å². The molecule has 28 heavy (non-hydrogen) atoms. The number of rotatable bonds is 6. The zero-order chi connectivity index (χ0) is 19.3. The standard InChI is InChI=1S/C19H25ClN6OS/c20-15-10-21-19(22-11-15)23-12-16-3-1-2-5-25(16)6-7-26-18(27)9-14-13-28-8-4-17(14)24-26/h9-11,16H,1-8,12-13H2,(H,21,22,23). The highest BCUT2D eigenvalue weighted by atomic mass is 35.5. The number of nitrogens with zero attached hydrogens (tertiary/aromatic N) is 5. The van der Waals surface area contributed by atoms with Crippen LogP contribution >= 0.6 is 23.4 Å². The summed E-state index contributed by atoms with van der Waals surface area (Å²) in [6.45, 7) is 3.29. The summed E-state index contributed by atoms with van der Waals surface area (Å²) < 4.78 is 1.65. The number of halogens is 1. The van der Waals surface area contributed by atoms with Crippen LogP contribution in [-0.2, 0) is 18.7 Å². The summed E-state index contributed by atoms with van der Waals surface area (Å²) in [5, 5.41) is 8.49. The normalized spacial score (nSPS) is 20.0. The third-order valence-corrected chi connectivity index (χ3v) is 6.57. The first-order valence-corrected chi connectivity index (χ1v) is 11.4. The van der Waals surface area contributed by atoms with Gasteiger partial charge in [0.1, 0.15) is 0 Å². The van der Waals surface area contributed by atoms with E-state index in [2.05, 4.69) is 25.3 Å². The summed E-state index contributed by atoms with van der Waals surface area (Å²) in [6.07, 6.45) is 7.70. The molecule has 0 bridgehead atoms. The van der Waals surface area contributed by atoms with Gasteiger partial charge in [-0.1, -0.05) is 18.0 Å². The van der Waals surface area contributed by atoms with Gasteiger partial charge in [0.15, 0.2) is 0 Å². The molecule has 150 valence electrons. The summed E-state index contributed by atoms with van der Waals surface area (Å²) in [6, 6.07) is 2.18. The summed E-state index contributed by atoms with van der Waals surface area (Å²) in [4.78, 5) is 23.3. The van der Waals surface area contributed by atoms with Crippen LogP contribution in [0.4, 0.5) is 5.95 Å². The van der Waals surface area contributed by atoms with Crippen LogP contribution in [0.3, 0.4) is 0 Å². The van der Waals surface area contributed by atoms with Crippen LogP contribution in [-0.4, -0.2) is 56.1 Å². The Morgan fingerprint density at radius 1 is 1.25 bits per heavy atom. The Bertz CT molecular complexity index is 858. The molecule has 1 saturated heterocycles. The first-order valence-electron chi connectivity index (χ1n) is 9.82. The highest BCUT2D eigenvalue weighted by molar-refractivity contribution is 7.98. The zero-order valence-electron chi connectivity index (χ0n) is 15.8. The maximum Gasteiger partial charge on any atom is 0.267 e. The minimum atomic E-state index is 0.0162. The van der Waals surface area contributed by atoms with Gasteiger partial charge < -0.3 is 5.32 Å². The Morgan fingerprint density at radius 3 is 2.96 bits per heavy atom. The maximum absolute atomic E-state index is 12.4. The lowest BCUT2D eigenvalue weighted by Crippen LogP contribution is -2.46. The van der Waals surface area contributed by atoms with E-state index < -0.39 is 0 Å². The Morgan fingerprint density at radius 2 is 2.11 bits per heavy atom. The first-order chi connectivity index (χ1) is 13.7. The van der Waals surface area contributed by atoms with Crippen LogP contribution in [0.5, 0.6) is 0 Å². The van der Waals surface area contributed by atoms with Crippen molar-refractivity contribution in [3.05, 3.63) is 45.1 Å². The molecule has 1 fully saturated rings. The lowest BCUT2D eigenvalue weighted by atomic mass is 10.0. The molecule has 4 heterocycles. The topological polar surface area (TPSA) is 75.9 Å². The average molecular weight is 421 g/mol. The molecule has 0 radical (unpaired) electrons. The predicted molar refractivity (Wildman–Crippen MR) is 113 cm³/mol. The first kappa shape index (κ1) is 19.7. The van der Waals surface area contributed by atoms with Gasteiger partial charge in [-0.25, -0.2) is 14.6 Å². The van der Waals surface area contributed by atoms with Crippen molar-refractivity contribution in [2.24, 2.45) is 0 Å². The van der Waals surface area contributed by atoms with E-state index >= 15 is 0 Å². The third-order valence-electron chi connectivity index (χ3n) is 5.37. The summed E-state index contributed by atoms with van der Waals surface area (Å²) in [5.74, 6) is 2.59. The molecule has 2 aliphatic rings. The van der Waals surface area contributed by atoms with Gasteiger partial charge in [-0.3, -0.25) is 9.69 Å². The summed E-state index contributed by atoms with van der Waals surface area (Å²) in [5.41, 5.74) is 2.22. The minimum Gasteiger partial charge on any atom is -0.353 e. The molecule has 2 aromatic rings. The number of hydrogen-bond acceptors (Lipinski definition) is 7. The van der Waals surface area contributed by atoms with Gasteiger partial charge in [0, 0.05) is 37.4 Å². The van der Waals surface area contributed by atoms with Crippen molar-refractivity contribution in [2.75, 3.05) is 30.7 Å². The van der Waals surface area contributed by atoms with E-state index in [4.69, 9.17) is 11.6 Å². The van der Waals surface area contributed by atoms with Crippen LogP contribution in [0.1, 0.15) is 30.5 Å². The molecule has 1 atom stereocenters. The highest BCUT2D eigenvalue weighted by Crippen LogP contribution is 2.21. The summed E-state index contributed by atoms with van der Waals surface area (Å²) in [7, 11) is 0. The zero-order valence-corrected chi connectivity index (χ0v) is 17.4. The van der Waals surface area contributed by atoms with Gasteiger partial charge in [-0.15, -0.1) is 0 Å². The van der Waals surface area contributed by atoms with Crippen molar-refractivity contribution >= 4 is 29.3 Å². The van der Waals surface area contributed by atoms with Crippen molar-refractivity contribution < 1.29 is 0 Å². The van der Waals surface area contributed by atoms with Crippen LogP contribution < -0.4 is 10.9 Å². The lowest BCUT2D eigenvalue weighted by molar-refractivity contribution is 0.147. The molecule has 2 aromatic heterocycles. The molecule has 4 rings (SSSR count). The largest absolute Gasteiger partial charge is 0.353 e. The average Bonchev–Trinajstić information content (AvgIpc) is 2.72. The molecular weight excluding hydrogens is 396 g/mol. The molecule has 1 unspecified atom stereocenters. The maximum atomic E-state index is 12.4. The van der Waals surface area contributed by atoms with Crippen molar-refractivity contribution in [1.29, 1.82) is 0 Å². The molecule has 9 heteroatoms. The van der Waals surface area contributed by atoms with Crippen molar-refractivity contribution in [1.82, 2.24) is 24.6 Å². The van der Waals surface area contributed by atoms with E-state index in [1.165, 1.54) is 12.8 Å². The molecule has 2 aliphatic heterocycles. The number of fused-ring (bicyclic) bond motifs is 1. The van der Waals surface area contributed by atoms with Gasteiger partial charge in [0.25, 0.3) is 5.56 Å². The van der Waals surface area contributed by atoms with E-state index in [9.17, 15) is 4.79 Å². The van der Waals surface area contributed by atoms with Gasteiger partial charge in [-0.2, -0.15) is 16.9 Å². The number of piperidine rings is 1. The third kappa shape index (κ3) is 4.85. The molecule has 1 N–H and O–H groups in total. The summed E-state index contributed by atoms with van der Waals surface area (Å²) >= 11 is 7.72. The van der Waals surface area contributed by atoms with Gasteiger partial charge in [-0.05, 0) is 30.7 Å². The van der Waals surface area contributed by atoms with E-state index in [0.29, 0.717) is 23.6 Å². The molecule has 0 aromatic carbocycles. The number of thioether (sulfide) groups is 1. The molecule has 0 amide bonds. The Hall–Kier alpha value is -1.64. The minimum absolute atomic E-state index is 0.0162. The SMILES string of the molecule is O=c1cc2c(nn1CCN1CCCCC1CNc1ncc(Cl)cn1)CCSC2. The van der Waals surface area contributed by atoms with E-state index in [-0.39, 0.29) is 5.56 Å². The molecule has 0 aliphatic carbocycles. The molecular formula is C19H25ClN6OS. The fourth-order valence-corrected chi connectivity index (χ4v) is 4.88. The number of nitrogens with one attached hydrogen (secondary N) is 1.